The molecule has 0 aliphatic heterocycles. The van der Waals surface area contributed by atoms with Crippen molar-refractivity contribution in [3.63, 3.8) is 0 Å². The molecule has 8 heteroatoms. The van der Waals surface area contributed by atoms with Crippen LogP contribution in [-0.4, -0.2) is 16.0 Å². The van der Waals surface area contributed by atoms with Gasteiger partial charge >= 0.3 is 12.2 Å². The van der Waals surface area contributed by atoms with Gasteiger partial charge in [-0.2, -0.15) is 13.2 Å². The number of nitrogens with one attached hydrogen (secondary N) is 3. The maximum absolute atomic E-state index is 12.4. The van der Waals surface area contributed by atoms with E-state index < -0.39 is 17.8 Å². The van der Waals surface area contributed by atoms with Gasteiger partial charge in [0.05, 0.1) is 5.56 Å². The minimum absolute atomic E-state index is 0.0245. The van der Waals surface area contributed by atoms with E-state index in [1.807, 2.05) is 12.1 Å². The van der Waals surface area contributed by atoms with E-state index in [9.17, 15) is 18.0 Å². The van der Waals surface area contributed by atoms with Gasteiger partial charge in [-0.25, -0.2) is 9.78 Å². The molecule has 0 saturated heterocycles. The summed E-state index contributed by atoms with van der Waals surface area (Å²) in [5, 5.41) is 5.96. The minimum Gasteiger partial charge on any atom is -0.361 e. The number of carbonyl (C=O) groups is 1. The zero-order valence-electron chi connectivity index (χ0n) is 11.6. The van der Waals surface area contributed by atoms with Crippen molar-refractivity contribution in [3.8, 4) is 0 Å². The topological polar surface area (TPSA) is 69.8 Å². The molecule has 5 nitrogen and oxygen atoms in total. The zero-order valence-corrected chi connectivity index (χ0v) is 11.6. The lowest BCUT2D eigenvalue weighted by Crippen LogP contribution is -2.20. The standard InChI is InChI=1S/C15H11F3N4O/c16-15(17,18)10-2-4-13(20-8-10)22-14(23)21-11-3-1-9-5-6-19-12(9)7-11/h1-8,19H,(H2,20,21,22,23). The van der Waals surface area contributed by atoms with E-state index in [2.05, 4.69) is 20.6 Å². The largest absolute Gasteiger partial charge is 0.417 e. The molecular weight excluding hydrogens is 309 g/mol. The Balaban J connectivity index is 1.66. The van der Waals surface area contributed by atoms with Gasteiger partial charge in [-0.1, -0.05) is 6.07 Å². The fraction of sp³-hybridized carbons (Fsp3) is 0.0667. The summed E-state index contributed by atoms with van der Waals surface area (Å²) in [5.74, 6) is 0.0245. The minimum atomic E-state index is -4.46. The number of benzene rings is 1. The number of hydrogen-bond donors (Lipinski definition) is 3. The van der Waals surface area contributed by atoms with Crippen LogP contribution in [0.25, 0.3) is 10.9 Å². The third-order valence-corrected chi connectivity index (χ3v) is 3.15. The maximum atomic E-state index is 12.4. The van der Waals surface area contributed by atoms with Crippen molar-refractivity contribution in [1.29, 1.82) is 0 Å². The molecule has 3 N–H and O–H groups in total. The number of aromatic nitrogens is 2. The molecule has 23 heavy (non-hydrogen) atoms. The van der Waals surface area contributed by atoms with E-state index in [0.29, 0.717) is 11.9 Å². The Kier molecular flexibility index (Phi) is 3.65. The lowest BCUT2D eigenvalue weighted by molar-refractivity contribution is -0.137. The number of carbonyl (C=O) groups excluding carboxylic acids is 1. The molecule has 0 spiro atoms. The first-order valence-corrected chi connectivity index (χ1v) is 6.60. The Morgan fingerprint density at radius 2 is 1.91 bits per heavy atom. The molecule has 0 unspecified atom stereocenters. The van der Waals surface area contributed by atoms with E-state index in [0.717, 1.165) is 23.0 Å². The number of nitrogens with zero attached hydrogens (tertiary/aromatic N) is 1. The Morgan fingerprint density at radius 3 is 2.61 bits per heavy atom. The molecule has 0 radical (unpaired) electrons. The third-order valence-electron chi connectivity index (χ3n) is 3.15. The van der Waals surface area contributed by atoms with Crippen LogP contribution in [-0.2, 0) is 6.18 Å². The number of hydrogen-bond acceptors (Lipinski definition) is 2. The molecule has 0 aliphatic rings. The number of anilines is 2. The van der Waals surface area contributed by atoms with Crippen LogP contribution in [0.4, 0.5) is 29.5 Å². The van der Waals surface area contributed by atoms with E-state index in [1.165, 1.54) is 0 Å². The van der Waals surface area contributed by atoms with Crippen LogP contribution in [0.2, 0.25) is 0 Å². The fourth-order valence-corrected chi connectivity index (χ4v) is 2.04. The molecule has 0 saturated carbocycles. The van der Waals surface area contributed by atoms with Crippen LogP contribution >= 0.6 is 0 Å². The maximum Gasteiger partial charge on any atom is 0.417 e. The molecule has 0 aliphatic carbocycles. The van der Waals surface area contributed by atoms with Crippen LogP contribution in [0, 0.1) is 0 Å². The summed E-state index contributed by atoms with van der Waals surface area (Å²) in [4.78, 5) is 18.4. The molecule has 0 atom stereocenters. The van der Waals surface area contributed by atoms with Crippen molar-refractivity contribution in [2.75, 3.05) is 10.6 Å². The van der Waals surface area contributed by atoms with Gasteiger partial charge < -0.3 is 10.3 Å². The van der Waals surface area contributed by atoms with Gasteiger partial charge in [0.15, 0.2) is 0 Å². The number of halogens is 3. The van der Waals surface area contributed by atoms with Crippen molar-refractivity contribution in [3.05, 3.63) is 54.4 Å². The quantitative estimate of drug-likeness (QED) is 0.661. The summed E-state index contributed by atoms with van der Waals surface area (Å²) in [6.07, 6.45) is -2.01. The Labute approximate surface area is 128 Å². The summed E-state index contributed by atoms with van der Waals surface area (Å²) >= 11 is 0. The van der Waals surface area contributed by atoms with E-state index in [-0.39, 0.29) is 5.82 Å². The Morgan fingerprint density at radius 1 is 1.09 bits per heavy atom. The molecule has 0 bridgehead atoms. The predicted molar refractivity (Wildman–Crippen MR) is 80.2 cm³/mol. The highest BCUT2D eigenvalue weighted by Crippen LogP contribution is 2.28. The first-order valence-electron chi connectivity index (χ1n) is 6.60. The summed E-state index contributed by atoms with van der Waals surface area (Å²) in [6.45, 7) is 0. The highest BCUT2D eigenvalue weighted by atomic mass is 19.4. The van der Waals surface area contributed by atoms with Gasteiger partial charge in [0.1, 0.15) is 5.82 Å². The molecule has 0 fully saturated rings. The first kappa shape index (κ1) is 14.9. The predicted octanol–water partition coefficient (Wildman–Crippen LogP) is 4.23. The van der Waals surface area contributed by atoms with Crippen LogP contribution in [0.5, 0.6) is 0 Å². The summed E-state index contributed by atoms with van der Waals surface area (Å²) in [6, 6.07) is 8.54. The third kappa shape index (κ3) is 3.42. The average Bonchev–Trinajstić information content (AvgIpc) is 2.94. The molecular formula is C15H11F3N4O. The van der Waals surface area contributed by atoms with Gasteiger partial charge in [-0.15, -0.1) is 0 Å². The second-order valence-corrected chi connectivity index (χ2v) is 4.79. The van der Waals surface area contributed by atoms with Gasteiger partial charge in [0, 0.05) is 23.6 Å². The molecule has 1 aromatic carbocycles. The van der Waals surface area contributed by atoms with Crippen LogP contribution in [0.1, 0.15) is 5.56 Å². The Bertz CT molecular complexity index is 840. The van der Waals surface area contributed by atoms with Crippen molar-refractivity contribution >= 4 is 28.4 Å². The van der Waals surface area contributed by atoms with Crippen LogP contribution in [0.3, 0.4) is 0 Å². The van der Waals surface area contributed by atoms with Gasteiger partial charge in [-0.05, 0) is 35.7 Å². The number of pyridine rings is 1. The summed E-state index contributed by atoms with van der Waals surface area (Å²) in [7, 11) is 0. The second kappa shape index (κ2) is 5.64. The van der Waals surface area contributed by atoms with Gasteiger partial charge in [0.2, 0.25) is 0 Å². The van der Waals surface area contributed by atoms with Crippen LogP contribution < -0.4 is 10.6 Å². The summed E-state index contributed by atoms with van der Waals surface area (Å²) in [5.41, 5.74) is 0.528. The highest BCUT2D eigenvalue weighted by molar-refractivity contribution is 6.00. The monoisotopic (exact) mass is 320 g/mol. The number of fused-ring (bicyclic) bond motifs is 1. The molecule has 2 aromatic heterocycles. The van der Waals surface area contributed by atoms with Crippen molar-refractivity contribution < 1.29 is 18.0 Å². The number of alkyl halides is 3. The smallest absolute Gasteiger partial charge is 0.361 e. The van der Waals surface area contributed by atoms with E-state index in [4.69, 9.17) is 0 Å². The number of aromatic amines is 1. The van der Waals surface area contributed by atoms with Crippen molar-refractivity contribution in [2.45, 2.75) is 6.18 Å². The molecule has 3 rings (SSSR count). The van der Waals surface area contributed by atoms with Gasteiger partial charge in [-0.3, -0.25) is 5.32 Å². The normalized spacial score (nSPS) is 11.4. The SMILES string of the molecule is O=C(Nc1ccc2cc[nH]c2c1)Nc1ccc(C(F)(F)F)cn1. The van der Waals surface area contributed by atoms with Crippen LogP contribution in [0.15, 0.2) is 48.8 Å². The van der Waals surface area contributed by atoms with Crippen molar-refractivity contribution in [2.24, 2.45) is 0 Å². The van der Waals surface area contributed by atoms with E-state index in [1.54, 1.807) is 18.3 Å². The molecule has 2 amide bonds. The molecule has 2 heterocycles. The Hall–Kier alpha value is -3.03. The number of rotatable bonds is 2. The summed E-state index contributed by atoms with van der Waals surface area (Å²) < 4.78 is 37.3. The number of amides is 2. The molecule has 118 valence electrons. The number of H-pyrrole nitrogens is 1. The highest BCUT2D eigenvalue weighted by Gasteiger charge is 2.30. The number of urea groups is 1. The average molecular weight is 320 g/mol. The lowest BCUT2D eigenvalue weighted by atomic mass is 10.2. The molecule has 3 aromatic rings. The lowest BCUT2D eigenvalue weighted by Gasteiger charge is -2.09. The van der Waals surface area contributed by atoms with Gasteiger partial charge in [0.25, 0.3) is 0 Å². The van der Waals surface area contributed by atoms with Crippen molar-refractivity contribution in [1.82, 2.24) is 9.97 Å². The first-order chi connectivity index (χ1) is 10.9. The zero-order chi connectivity index (χ0) is 16.4. The van der Waals surface area contributed by atoms with E-state index >= 15 is 0 Å². The fourth-order valence-electron chi connectivity index (χ4n) is 2.04. The second-order valence-electron chi connectivity index (χ2n) is 4.79.